The molecule has 0 saturated heterocycles. The SMILES string of the molecule is C=C(Cc1cc(N)c(C(C)(C)C)cc1C)c1ccccc1. The van der Waals surface area contributed by atoms with E-state index in [0.29, 0.717) is 0 Å². The first-order valence-electron chi connectivity index (χ1n) is 7.41. The Morgan fingerprint density at radius 3 is 2.29 bits per heavy atom. The van der Waals surface area contributed by atoms with Crippen LogP contribution < -0.4 is 5.73 Å². The number of rotatable bonds is 3. The molecule has 0 aliphatic rings. The summed E-state index contributed by atoms with van der Waals surface area (Å²) in [7, 11) is 0. The lowest BCUT2D eigenvalue weighted by Crippen LogP contribution is -2.15. The van der Waals surface area contributed by atoms with Crippen LogP contribution in [-0.2, 0) is 11.8 Å². The minimum absolute atomic E-state index is 0.0732. The van der Waals surface area contributed by atoms with Gasteiger partial charge in [-0.1, -0.05) is 63.7 Å². The topological polar surface area (TPSA) is 26.0 Å². The summed E-state index contributed by atoms with van der Waals surface area (Å²) in [5, 5.41) is 0. The molecule has 2 aromatic rings. The molecule has 0 aromatic heterocycles. The van der Waals surface area contributed by atoms with Gasteiger partial charge < -0.3 is 5.73 Å². The molecule has 0 unspecified atom stereocenters. The number of hydrogen-bond donors (Lipinski definition) is 1. The highest BCUT2D eigenvalue weighted by atomic mass is 14.6. The summed E-state index contributed by atoms with van der Waals surface area (Å²) in [6, 6.07) is 14.7. The number of nitrogen functional groups attached to an aromatic ring is 1. The van der Waals surface area contributed by atoms with Crippen LogP contribution >= 0.6 is 0 Å². The fourth-order valence-electron chi connectivity index (χ4n) is 2.62. The molecule has 0 saturated carbocycles. The minimum atomic E-state index is 0.0732. The average molecular weight is 279 g/mol. The van der Waals surface area contributed by atoms with Crippen molar-refractivity contribution in [3.8, 4) is 0 Å². The van der Waals surface area contributed by atoms with Gasteiger partial charge in [0.1, 0.15) is 0 Å². The van der Waals surface area contributed by atoms with Crippen LogP contribution in [0.2, 0.25) is 0 Å². The van der Waals surface area contributed by atoms with Gasteiger partial charge in [0.25, 0.3) is 0 Å². The summed E-state index contributed by atoms with van der Waals surface area (Å²) in [6.45, 7) is 13.0. The van der Waals surface area contributed by atoms with Gasteiger partial charge in [0.05, 0.1) is 0 Å². The number of aryl methyl sites for hydroxylation is 1. The fraction of sp³-hybridized carbons (Fsp3) is 0.300. The highest BCUT2D eigenvalue weighted by Gasteiger charge is 2.18. The number of hydrogen-bond acceptors (Lipinski definition) is 1. The van der Waals surface area contributed by atoms with Crippen molar-refractivity contribution in [2.45, 2.75) is 39.5 Å². The Hall–Kier alpha value is -2.02. The smallest absolute Gasteiger partial charge is 0.0355 e. The van der Waals surface area contributed by atoms with Crippen LogP contribution in [0.4, 0.5) is 5.69 Å². The number of nitrogens with two attached hydrogens (primary N) is 1. The van der Waals surface area contributed by atoms with Gasteiger partial charge in [0, 0.05) is 5.69 Å². The van der Waals surface area contributed by atoms with Gasteiger partial charge in [-0.15, -0.1) is 0 Å². The van der Waals surface area contributed by atoms with Crippen molar-refractivity contribution in [2.24, 2.45) is 0 Å². The van der Waals surface area contributed by atoms with Crippen LogP contribution in [0.25, 0.3) is 5.57 Å². The monoisotopic (exact) mass is 279 g/mol. The number of allylic oxidation sites excluding steroid dienone is 1. The van der Waals surface area contributed by atoms with Crippen molar-refractivity contribution >= 4 is 11.3 Å². The van der Waals surface area contributed by atoms with E-state index in [9.17, 15) is 0 Å². The fourth-order valence-corrected chi connectivity index (χ4v) is 2.62. The Balaban J connectivity index is 2.30. The largest absolute Gasteiger partial charge is 0.398 e. The maximum Gasteiger partial charge on any atom is 0.0355 e. The zero-order valence-electron chi connectivity index (χ0n) is 13.5. The molecule has 0 aliphatic carbocycles. The van der Waals surface area contributed by atoms with Crippen molar-refractivity contribution < 1.29 is 0 Å². The first kappa shape index (κ1) is 15.4. The van der Waals surface area contributed by atoms with E-state index in [1.54, 1.807) is 0 Å². The zero-order chi connectivity index (χ0) is 15.6. The van der Waals surface area contributed by atoms with Gasteiger partial charge in [-0.2, -0.15) is 0 Å². The van der Waals surface area contributed by atoms with Gasteiger partial charge in [0.2, 0.25) is 0 Å². The molecule has 110 valence electrons. The molecule has 0 atom stereocenters. The Labute approximate surface area is 128 Å². The quantitative estimate of drug-likeness (QED) is 0.774. The predicted octanol–water partition coefficient (Wildman–Crippen LogP) is 5.13. The Bertz CT molecular complexity index is 646. The average Bonchev–Trinajstić information content (AvgIpc) is 2.42. The summed E-state index contributed by atoms with van der Waals surface area (Å²) in [5.41, 5.74) is 13.3. The minimum Gasteiger partial charge on any atom is -0.398 e. The standard InChI is InChI=1S/C20H25N/c1-14(16-9-7-6-8-10-16)11-17-13-19(21)18(12-15(17)2)20(3,4)5/h6-10,12-13H,1,11,21H2,2-5H3. The summed E-state index contributed by atoms with van der Waals surface area (Å²) >= 11 is 0. The second kappa shape index (κ2) is 5.77. The van der Waals surface area contributed by atoms with Crippen LogP contribution in [0.5, 0.6) is 0 Å². The van der Waals surface area contributed by atoms with E-state index in [4.69, 9.17) is 5.73 Å². The molecule has 0 bridgehead atoms. The zero-order valence-corrected chi connectivity index (χ0v) is 13.5. The highest BCUT2D eigenvalue weighted by Crippen LogP contribution is 2.31. The second-order valence-corrected chi connectivity index (χ2v) is 6.76. The first-order valence-corrected chi connectivity index (χ1v) is 7.41. The maximum atomic E-state index is 6.26. The lowest BCUT2D eigenvalue weighted by atomic mass is 9.83. The van der Waals surface area contributed by atoms with Crippen LogP contribution in [0, 0.1) is 6.92 Å². The third-order valence-electron chi connectivity index (χ3n) is 3.90. The van der Waals surface area contributed by atoms with Gasteiger partial charge in [-0.3, -0.25) is 0 Å². The number of benzene rings is 2. The predicted molar refractivity (Wildman–Crippen MR) is 93.5 cm³/mol. The van der Waals surface area contributed by atoms with E-state index in [1.807, 2.05) is 18.2 Å². The normalized spacial score (nSPS) is 11.4. The molecule has 1 nitrogen and oxygen atoms in total. The molecule has 1 heteroatoms. The molecule has 2 aromatic carbocycles. The molecule has 0 aliphatic heterocycles. The van der Waals surface area contributed by atoms with E-state index in [2.05, 4.69) is 58.5 Å². The van der Waals surface area contributed by atoms with Crippen LogP contribution in [0.15, 0.2) is 49.0 Å². The highest BCUT2D eigenvalue weighted by molar-refractivity contribution is 5.67. The van der Waals surface area contributed by atoms with Crippen molar-refractivity contribution in [2.75, 3.05) is 5.73 Å². The Kier molecular flexibility index (Phi) is 4.22. The van der Waals surface area contributed by atoms with E-state index < -0.39 is 0 Å². The lowest BCUT2D eigenvalue weighted by molar-refractivity contribution is 0.592. The Morgan fingerprint density at radius 1 is 1.10 bits per heavy atom. The number of anilines is 1. The van der Waals surface area contributed by atoms with Crippen molar-refractivity contribution in [1.29, 1.82) is 0 Å². The lowest BCUT2D eigenvalue weighted by Gasteiger charge is -2.23. The molecule has 0 heterocycles. The van der Waals surface area contributed by atoms with Crippen LogP contribution in [-0.4, -0.2) is 0 Å². The first-order chi connectivity index (χ1) is 9.79. The van der Waals surface area contributed by atoms with Crippen molar-refractivity contribution in [3.63, 3.8) is 0 Å². The van der Waals surface area contributed by atoms with E-state index in [-0.39, 0.29) is 5.41 Å². The molecule has 2 N–H and O–H groups in total. The van der Waals surface area contributed by atoms with Crippen LogP contribution in [0.3, 0.4) is 0 Å². The van der Waals surface area contributed by atoms with E-state index in [1.165, 1.54) is 22.3 Å². The Morgan fingerprint density at radius 2 is 1.71 bits per heavy atom. The van der Waals surface area contributed by atoms with Crippen LogP contribution in [0.1, 0.15) is 43.0 Å². The van der Waals surface area contributed by atoms with E-state index >= 15 is 0 Å². The molecule has 0 amide bonds. The van der Waals surface area contributed by atoms with Gasteiger partial charge in [-0.25, -0.2) is 0 Å². The summed E-state index contributed by atoms with van der Waals surface area (Å²) in [5.74, 6) is 0. The van der Waals surface area contributed by atoms with E-state index in [0.717, 1.165) is 17.7 Å². The molecule has 0 radical (unpaired) electrons. The third kappa shape index (κ3) is 3.55. The van der Waals surface area contributed by atoms with Crippen molar-refractivity contribution in [3.05, 3.63) is 71.3 Å². The molecular formula is C20H25N. The molecular weight excluding hydrogens is 254 g/mol. The van der Waals surface area contributed by atoms with Gasteiger partial charge in [0.15, 0.2) is 0 Å². The van der Waals surface area contributed by atoms with Gasteiger partial charge >= 0.3 is 0 Å². The summed E-state index contributed by atoms with van der Waals surface area (Å²) in [4.78, 5) is 0. The molecule has 2 rings (SSSR count). The molecule has 0 spiro atoms. The molecule has 0 fully saturated rings. The van der Waals surface area contributed by atoms with Gasteiger partial charge in [-0.05, 0) is 52.7 Å². The summed E-state index contributed by atoms with van der Waals surface area (Å²) in [6.07, 6.45) is 0.838. The maximum absolute atomic E-state index is 6.26. The second-order valence-electron chi connectivity index (χ2n) is 6.76. The molecule has 21 heavy (non-hydrogen) atoms. The third-order valence-corrected chi connectivity index (χ3v) is 3.90. The van der Waals surface area contributed by atoms with Crippen molar-refractivity contribution in [1.82, 2.24) is 0 Å². The summed E-state index contributed by atoms with van der Waals surface area (Å²) < 4.78 is 0.